The fourth-order valence-corrected chi connectivity index (χ4v) is 4.19. The number of methoxy groups -OCH3 is 1. The minimum absolute atomic E-state index is 0.00273. The highest BCUT2D eigenvalue weighted by molar-refractivity contribution is 7.19. The van der Waals surface area contributed by atoms with E-state index in [1.54, 1.807) is 25.3 Å². The van der Waals surface area contributed by atoms with Gasteiger partial charge in [0, 0.05) is 23.3 Å². The molecule has 3 aromatic carbocycles. The number of aryl methyl sites for hydroxylation is 1. The second kappa shape index (κ2) is 8.99. The first kappa shape index (κ1) is 21.2. The fourth-order valence-electron chi connectivity index (χ4n) is 3.20. The van der Waals surface area contributed by atoms with Crippen molar-refractivity contribution >= 4 is 28.1 Å². The lowest BCUT2D eigenvalue weighted by molar-refractivity contribution is -0.384. The van der Waals surface area contributed by atoms with Gasteiger partial charge in [0.15, 0.2) is 5.13 Å². The maximum absolute atomic E-state index is 12.7. The zero-order valence-electron chi connectivity index (χ0n) is 17.4. The van der Waals surface area contributed by atoms with Crippen LogP contribution in [0.3, 0.4) is 0 Å². The first-order chi connectivity index (χ1) is 15.4. The Kier molecular flexibility index (Phi) is 5.96. The van der Waals surface area contributed by atoms with E-state index in [0.29, 0.717) is 22.0 Å². The molecule has 0 radical (unpaired) electrons. The molecule has 0 atom stereocenters. The molecule has 0 aliphatic heterocycles. The molecule has 0 saturated heterocycles. The van der Waals surface area contributed by atoms with Crippen LogP contribution in [0.4, 0.5) is 10.8 Å². The monoisotopic (exact) mass is 445 g/mol. The first-order valence-corrected chi connectivity index (χ1v) is 10.5. The summed E-state index contributed by atoms with van der Waals surface area (Å²) in [5.74, 6) is 0.474. The molecular formula is C24H19N3O4S. The van der Waals surface area contributed by atoms with Crippen LogP contribution in [0.5, 0.6) is 5.75 Å². The Hall–Kier alpha value is -4.04. The Balaban J connectivity index is 1.73. The first-order valence-electron chi connectivity index (χ1n) is 9.72. The largest absolute Gasteiger partial charge is 0.497 e. The number of carbonyl (C=O) groups excluding carboxylic acids is 1. The van der Waals surface area contributed by atoms with Gasteiger partial charge in [-0.05, 0) is 61.0 Å². The van der Waals surface area contributed by atoms with Gasteiger partial charge in [-0.3, -0.25) is 20.2 Å². The van der Waals surface area contributed by atoms with Crippen LogP contribution in [0.1, 0.15) is 15.9 Å². The van der Waals surface area contributed by atoms with Crippen LogP contribution < -0.4 is 10.1 Å². The van der Waals surface area contributed by atoms with Gasteiger partial charge in [0.1, 0.15) is 5.75 Å². The number of amides is 1. The standard InChI is InChI=1S/C24H19N3O4S/c1-15-4-3-5-18(14-15)23(28)26-24-25-21(16-6-10-19(11-7-16)27(29)30)22(32-24)17-8-12-20(31-2)13-9-17/h3-14H,1-2H3,(H,25,26,28). The van der Waals surface area contributed by atoms with Crippen LogP contribution >= 0.6 is 11.3 Å². The van der Waals surface area contributed by atoms with Gasteiger partial charge in [-0.15, -0.1) is 0 Å². The normalized spacial score (nSPS) is 10.6. The summed E-state index contributed by atoms with van der Waals surface area (Å²) in [6.07, 6.45) is 0. The summed E-state index contributed by atoms with van der Waals surface area (Å²) in [7, 11) is 1.60. The van der Waals surface area contributed by atoms with Gasteiger partial charge >= 0.3 is 0 Å². The van der Waals surface area contributed by atoms with Crippen LogP contribution in [0, 0.1) is 17.0 Å². The number of non-ortho nitro benzene ring substituents is 1. The number of hydrogen-bond acceptors (Lipinski definition) is 6. The zero-order chi connectivity index (χ0) is 22.7. The Morgan fingerprint density at radius 2 is 1.72 bits per heavy atom. The number of hydrogen-bond donors (Lipinski definition) is 1. The van der Waals surface area contributed by atoms with E-state index >= 15 is 0 Å². The molecule has 160 valence electrons. The molecule has 7 nitrogen and oxygen atoms in total. The van der Waals surface area contributed by atoms with Gasteiger partial charge in [0.2, 0.25) is 0 Å². The van der Waals surface area contributed by atoms with Crippen molar-refractivity contribution < 1.29 is 14.5 Å². The third-order valence-electron chi connectivity index (χ3n) is 4.83. The van der Waals surface area contributed by atoms with Crippen LogP contribution in [-0.4, -0.2) is 22.9 Å². The van der Waals surface area contributed by atoms with Crippen molar-refractivity contribution in [3.63, 3.8) is 0 Å². The number of rotatable bonds is 6. The number of nitro benzene ring substituents is 1. The number of nitrogens with zero attached hydrogens (tertiary/aromatic N) is 2. The average Bonchev–Trinajstić information content (AvgIpc) is 3.23. The molecule has 1 amide bonds. The quantitative estimate of drug-likeness (QED) is 0.292. The number of benzene rings is 3. The van der Waals surface area contributed by atoms with Gasteiger partial charge in [0.05, 0.1) is 22.6 Å². The average molecular weight is 446 g/mol. The molecule has 4 aromatic rings. The highest BCUT2D eigenvalue weighted by atomic mass is 32.1. The Bertz CT molecular complexity index is 1280. The lowest BCUT2D eigenvalue weighted by atomic mass is 10.1. The Morgan fingerprint density at radius 1 is 1.03 bits per heavy atom. The van der Waals surface area contributed by atoms with E-state index in [-0.39, 0.29) is 11.6 Å². The second-order valence-corrected chi connectivity index (χ2v) is 8.05. The number of ether oxygens (including phenoxy) is 1. The molecule has 8 heteroatoms. The van der Waals surface area contributed by atoms with Crippen LogP contribution in [0.25, 0.3) is 21.7 Å². The molecule has 0 bridgehead atoms. The molecular weight excluding hydrogens is 426 g/mol. The highest BCUT2D eigenvalue weighted by Crippen LogP contribution is 2.40. The molecule has 32 heavy (non-hydrogen) atoms. The smallest absolute Gasteiger partial charge is 0.269 e. The zero-order valence-corrected chi connectivity index (χ0v) is 18.2. The summed E-state index contributed by atoms with van der Waals surface area (Å²) in [5.41, 5.74) is 3.78. The molecule has 0 fully saturated rings. The molecule has 0 aliphatic carbocycles. The van der Waals surface area contributed by atoms with Crippen LogP contribution in [0.2, 0.25) is 0 Å². The van der Waals surface area contributed by atoms with Crippen molar-refractivity contribution in [2.24, 2.45) is 0 Å². The number of aromatic nitrogens is 1. The second-order valence-electron chi connectivity index (χ2n) is 7.05. The van der Waals surface area contributed by atoms with Crippen molar-refractivity contribution in [1.82, 2.24) is 4.98 Å². The maximum Gasteiger partial charge on any atom is 0.269 e. The number of carbonyl (C=O) groups is 1. The summed E-state index contributed by atoms with van der Waals surface area (Å²) in [6, 6.07) is 21.0. The van der Waals surface area contributed by atoms with E-state index in [2.05, 4.69) is 10.3 Å². The third kappa shape index (κ3) is 4.50. The maximum atomic E-state index is 12.7. The van der Waals surface area contributed by atoms with E-state index < -0.39 is 4.92 Å². The lowest BCUT2D eigenvalue weighted by Crippen LogP contribution is -2.11. The predicted molar refractivity (Wildman–Crippen MR) is 125 cm³/mol. The minimum Gasteiger partial charge on any atom is -0.497 e. The summed E-state index contributed by atoms with van der Waals surface area (Å²) < 4.78 is 5.24. The predicted octanol–water partition coefficient (Wildman–Crippen LogP) is 5.95. The molecule has 1 aromatic heterocycles. The van der Waals surface area contributed by atoms with Gasteiger partial charge in [-0.25, -0.2) is 4.98 Å². The van der Waals surface area contributed by atoms with E-state index in [9.17, 15) is 14.9 Å². The summed E-state index contributed by atoms with van der Waals surface area (Å²) in [5, 5.41) is 14.3. The van der Waals surface area contributed by atoms with E-state index in [0.717, 1.165) is 21.8 Å². The Labute approximate surface area is 188 Å². The molecule has 0 unspecified atom stereocenters. The van der Waals surface area contributed by atoms with Gasteiger partial charge in [0.25, 0.3) is 11.6 Å². The summed E-state index contributed by atoms with van der Waals surface area (Å²) >= 11 is 1.34. The van der Waals surface area contributed by atoms with E-state index in [1.165, 1.54) is 23.5 Å². The van der Waals surface area contributed by atoms with Gasteiger partial charge in [-0.1, -0.05) is 29.0 Å². The lowest BCUT2D eigenvalue weighted by Gasteiger charge is -2.04. The molecule has 1 N–H and O–H groups in total. The highest BCUT2D eigenvalue weighted by Gasteiger charge is 2.18. The minimum atomic E-state index is -0.442. The van der Waals surface area contributed by atoms with Crippen molar-refractivity contribution in [2.45, 2.75) is 6.92 Å². The molecule has 4 rings (SSSR count). The number of nitro groups is 1. The van der Waals surface area contributed by atoms with Crippen molar-refractivity contribution in [3.05, 3.63) is 94.0 Å². The van der Waals surface area contributed by atoms with Gasteiger partial charge in [-0.2, -0.15) is 0 Å². The number of thiazole rings is 1. The molecule has 0 spiro atoms. The number of anilines is 1. The van der Waals surface area contributed by atoms with E-state index in [1.807, 2.05) is 49.4 Å². The Morgan fingerprint density at radius 3 is 2.34 bits per heavy atom. The van der Waals surface area contributed by atoms with E-state index in [4.69, 9.17) is 4.74 Å². The molecule has 0 saturated carbocycles. The van der Waals surface area contributed by atoms with Crippen molar-refractivity contribution in [3.8, 4) is 27.4 Å². The SMILES string of the molecule is COc1ccc(-c2sc(NC(=O)c3cccc(C)c3)nc2-c2ccc([N+](=O)[O-])cc2)cc1. The molecule has 0 aliphatic rings. The van der Waals surface area contributed by atoms with Crippen molar-refractivity contribution in [2.75, 3.05) is 12.4 Å². The van der Waals surface area contributed by atoms with Gasteiger partial charge < -0.3 is 4.74 Å². The fraction of sp³-hybridized carbons (Fsp3) is 0.0833. The topological polar surface area (TPSA) is 94.4 Å². The van der Waals surface area contributed by atoms with Crippen LogP contribution in [-0.2, 0) is 0 Å². The number of nitrogens with one attached hydrogen (secondary N) is 1. The van der Waals surface area contributed by atoms with Crippen molar-refractivity contribution in [1.29, 1.82) is 0 Å². The third-order valence-corrected chi connectivity index (χ3v) is 5.85. The summed E-state index contributed by atoms with van der Waals surface area (Å²) in [4.78, 5) is 28.8. The summed E-state index contributed by atoms with van der Waals surface area (Å²) in [6.45, 7) is 1.93. The molecule has 1 heterocycles. The van der Waals surface area contributed by atoms with Crippen LogP contribution in [0.15, 0.2) is 72.8 Å².